The second-order valence-corrected chi connectivity index (χ2v) is 7.03. The second kappa shape index (κ2) is 9.46. The van der Waals surface area contributed by atoms with E-state index in [9.17, 15) is 9.59 Å². The standard InChI is InChI=1S/C20H24ClN3O3/c21-15-8-9-17(24-11-2-1-3-12-24)16(14-15)23-19(25)7-4-10-22-20(26)18-6-5-13-27-18/h5-6,8-9,13-14H,1-4,7,10-12H2,(H,22,26)(H,23,25). The van der Waals surface area contributed by atoms with Gasteiger partial charge in [-0.3, -0.25) is 9.59 Å². The van der Waals surface area contributed by atoms with Gasteiger partial charge in [0.05, 0.1) is 17.6 Å². The van der Waals surface area contributed by atoms with Gasteiger partial charge in [0.25, 0.3) is 5.91 Å². The average Bonchev–Trinajstić information content (AvgIpc) is 3.21. The van der Waals surface area contributed by atoms with E-state index in [0.29, 0.717) is 24.4 Å². The van der Waals surface area contributed by atoms with Crippen LogP contribution in [0.15, 0.2) is 41.0 Å². The van der Waals surface area contributed by atoms with Crippen molar-refractivity contribution in [3.05, 3.63) is 47.4 Å². The molecule has 0 bridgehead atoms. The van der Waals surface area contributed by atoms with Gasteiger partial charge in [-0.2, -0.15) is 0 Å². The van der Waals surface area contributed by atoms with Gasteiger partial charge in [0, 0.05) is 31.1 Å². The number of nitrogens with one attached hydrogen (secondary N) is 2. The molecule has 1 saturated heterocycles. The Kier molecular flexibility index (Phi) is 6.76. The molecule has 2 heterocycles. The van der Waals surface area contributed by atoms with Crippen LogP contribution in [0.2, 0.25) is 5.02 Å². The highest BCUT2D eigenvalue weighted by molar-refractivity contribution is 6.31. The summed E-state index contributed by atoms with van der Waals surface area (Å²) in [6.07, 6.45) is 5.86. The van der Waals surface area contributed by atoms with Gasteiger partial charge < -0.3 is 20.0 Å². The highest BCUT2D eigenvalue weighted by Gasteiger charge is 2.16. The maximum atomic E-state index is 12.3. The number of carbonyl (C=O) groups excluding carboxylic acids is 2. The number of rotatable bonds is 7. The van der Waals surface area contributed by atoms with Crippen molar-refractivity contribution in [3.63, 3.8) is 0 Å². The predicted molar refractivity (Wildman–Crippen MR) is 106 cm³/mol. The van der Waals surface area contributed by atoms with Crippen LogP contribution in [0.4, 0.5) is 11.4 Å². The minimum absolute atomic E-state index is 0.0947. The first-order chi connectivity index (χ1) is 13.1. The normalized spacial score (nSPS) is 14.0. The molecule has 2 N–H and O–H groups in total. The van der Waals surface area contributed by atoms with Crippen molar-refractivity contribution in [2.24, 2.45) is 0 Å². The van der Waals surface area contributed by atoms with Gasteiger partial charge in [-0.15, -0.1) is 0 Å². The molecular weight excluding hydrogens is 366 g/mol. The third kappa shape index (κ3) is 5.50. The predicted octanol–water partition coefficient (Wildman–Crippen LogP) is 4.07. The van der Waals surface area contributed by atoms with Gasteiger partial charge >= 0.3 is 0 Å². The van der Waals surface area contributed by atoms with E-state index < -0.39 is 0 Å². The lowest BCUT2D eigenvalue weighted by Gasteiger charge is -2.30. The first kappa shape index (κ1) is 19.3. The highest BCUT2D eigenvalue weighted by Crippen LogP contribution is 2.31. The Morgan fingerprint density at radius 3 is 2.70 bits per heavy atom. The van der Waals surface area contributed by atoms with E-state index in [4.69, 9.17) is 16.0 Å². The van der Waals surface area contributed by atoms with Crippen molar-refractivity contribution < 1.29 is 14.0 Å². The highest BCUT2D eigenvalue weighted by atomic mass is 35.5. The third-order valence-corrected chi connectivity index (χ3v) is 4.78. The number of benzene rings is 1. The van der Waals surface area contributed by atoms with Crippen molar-refractivity contribution in [2.75, 3.05) is 29.9 Å². The van der Waals surface area contributed by atoms with Gasteiger partial charge in [-0.25, -0.2) is 0 Å². The molecule has 27 heavy (non-hydrogen) atoms. The van der Waals surface area contributed by atoms with Crippen LogP contribution in [-0.4, -0.2) is 31.4 Å². The maximum Gasteiger partial charge on any atom is 0.286 e. The van der Waals surface area contributed by atoms with E-state index in [1.54, 1.807) is 18.2 Å². The van der Waals surface area contributed by atoms with Crippen molar-refractivity contribution in [3.8, 4) is 0 Å². The number of amides is 2. The quantitative estimate of drug-likeness (QED) is 0.700. The fourth-order valence-corrected chi connectivity index (χ4v) is 3.35. The number of hydrogen-bond donors (Lipinski definition) is 2. The van der Waals surface area contributed by atoms with Gasteiger partial charge in [0.15, 0.2) is 5.76 Å². The number of anilines is 2. The lowest BCUT2D eigenvalue weighted by atomic mass is 10.1. The molecule has 1 aliphatic heterocycles. The van der Waals surface area contributed by atoms with E-state index in [1.807, 2.05) is 12.1 Å². The summed E-state index contributed by atoms with van der Waals surface area (Å²) in [6.45, 7) is 2.38. The molecule has 1 aliphatic rings. The Hall–Kier alpha value is -2.47. The van der Waals surface area contributed by atoms with E-state index in [1.165, 1.54) is 12.7 Å². The van der Waals surface area contributed by atoms with E-state index in [-0.39, 0.29) is 17.6 Å². The molecule has 0 radical (unpaired) electrons. The van der Waals surface area contributed by atoms with Gasteiger partial charge in [-0.1, -0.05) is 11.6 Å². The summed E-state index contributed by atoms with van der Waals surface area (Å²) in [6, 6.07) is 8.87. The van der Waals surface area contributed by atoms with Crippen LogP contribution in [0.1, 0.15) is 42.7 Å². The summed E-state index contributed by atoms with van der Waals surface area (Å²) in [5.41, 5.74) is 1.76. The minimum atomic E-state index is -0.275. The van der Waals surface area contributed by atoms with Crippen molar-refractivity contribution in [1.82, 2.24) is 5.32 Å². The monoisotopic (exact) mass is 389 g/mol. The molecule has 1 aromatic carbocycles. The fourth-order valence-electron chi connectivity index (χ4n) is 3.18. The van der Waals surface area contributed by atoms with Gasteiger partial charge in [-0.05, 0) is 56.0 Å². The number of nitrogens with zero attached hydrogens (tertiary/aromatic N) is 1. The maximum absolute atomic E-state index is 12.3. The molecule has 3 rings (SSSR count). The van der Waals surface area contributed by atoms with Crippen LogP contribution in [0, 0.1) is 0 Å². The van der Waals surface area contributed by atoms with Gasteiger partial charge in [0.1, 0.15) is 0 Å². The van der Waals surface area contributed by atoms with Crippen LogP contribution in [-0.2, 0) is 4.79 Å². The van der Waals surface area contributed by atoms with Crippen LogP contribution < -0.4 is 15.5 Å². The van der Waals surface area contributed by atoms with Crippen LogP contribution >= 0.6 is 11.6 Å². The summed E-state index contributed by atoms with van der Waals surface area (Å²) in [5, 5.41) is 6.30. The molecule has 0 aliphatic carbocycles. The molecule has 1 fully saturated rings. The Balaban J connectivity index is 1.50. The molecule has 7 heteroatoms. The third-order valence-electron chi connectivity index (χ3n) is 4.54. The lowest BCUT2D eigenvalue weighted by molar-refractivity contribution is -0.116. The zero-order valence-electron chi connectivity index (χ0n) is 15.2. The Morgan fingerprint density at radius 2 is 1.96 bits per heavy atom. The SMILES string of the molecule is O=C(CCCNC(=O)c1ccco1)Nc1cc(Cl)ccc1N1CCCCC1. The number of furan rings is 1. The number of halogens is 1. The molecule has 2 aromatic rings. The first-order valence-corrected chi connectivity index (χ1v) is 9.67. The number of carbonyl (C=O) groups is 2. The zero-order chi connectivity index (χ0) is 19.1. The molecule has 0 spiro atoms. The Bertz CT molecular complexity index is 771. The van der Waals surface area contributed by atoms with Crippen molar-refractivity contribution >= 4 is 34.8 Å². The summed E-state index contributed by atoms with van der Waals surface area (Å²) in [5.74, 6) is -0.102. The lowest BCUT2D eigenvalue weighted by Crippen LogP contribution is -2.30. The molecule has 6 nitrogen and oxygen atoms in total. The molecule has 144 valence electrons. The summed E-state index contributed by atoms with van der Waals surface area (Å²) in [4.78, 5) is 26.4. The smallest absolute Gasteiger partial charge is 0.286 e. The van der Waals surface area contributed by atoms with Gasteiger partial charge in [0.2, 0.25) is 5.91 Å². The summed E-state index contributed by atoms with van der Waals surface area (Å²) in [7, 11) is 0. The topological polar surface area (TPSA) is 74.6 Å². The largest absolute Gasteiger partial charge is 0.459 e. The minimum Gasteiger partial charge on any atom is -0.459 e. The van der Waals surface area contributed by atoms with E-state index >= 15 is 0 Å². The van der Waals surface area contributed by atoms with Crippen molar-refractivity contribution in [2.45, 2.75) is 32.1 Å². The summed E-state index contributed by atoms with van der Waals surface area (Å²) < 4.78 is 5.03. The van der Waals surface area contributed by atoms with E-state index in [2.05, 4.69) is 15.5 Å². The fraction of sp³-hybridized carbons (Fsp3) is 0.400. The first-order valence-electron chi connectivity index (χ1n) is 9.29. The molecule has 0 atom stereocenters. The Labute approximate surface area is 163 Å². The number of hydrogen-bond acceptors (Lipinski definition) is 4. The molecule has 0 unspecified atom stereocenters. The molecular formula is C20H24ClN3O3. The number of piperidine rings is 1. The van der Waals surface area contributed by atoms with Crippen LogP contribution in [0.3, 0.4) is 0 Å². The second-order valence-electron chi connectivity index (χ2n) is 6.59. The van der Waals surface area contributed by atoms with E-state index in [0.717, 1.165) is 37.3 Å². The summed E-state index contributed by atoms with van der Waals surface area (Å²) >= 11 is 6.12. The molecule has 0 saturated carbocycles. The average molecular weight is 390 g/mol. The van der Waals surface area contributed by atoms with Crippen LogP contribution in [0.25, 0.3) is 0 Å². The molecule has 2 amide bonds. The molecule has 1 aromatic heterocycles. The Morgan fingerprint density at radius 1 is 1.15 bits per heavy atom. The van der Waals surface area contributed by atoms with Crippen LogP contribution in [0.5, 0.6) is 0 Å². The zero-order valence-corrected chi connectivity index (χ0v) is 15.9. The van der Waals surface area contributed by atoms with Crippen molar-refractivity contribution in [1.29, 1.82) is 0 Å².